The van der Waals surface area contributed by atoms with Crippen molar-refractivity contribution in [1.82, 2.24) is 9.97 Å². The predicted molar refractivity (Wildman–Crippen MR) is 72.5 cm³/mol. The van der Waals surface area contributed by atoms with Crippen LogP contribution in [0.15, 0.2) is 18.2 Å². The Morgan fingerprint density at radius 1 is 1.16 bits per heavy atom. The molecule has 0 fully saturated rings. The van der Waals surface area contributed by atoms with Gasteiger partial charge in [-0.3, -0.25) is 0 Å². The lowest BCUT2D eigenvalue weighted by Crippen LogP contribution is -1.98. The van der Waals surface area contributed by atoms with Crippen LogP contribution in [-0.4, -0.2) is 9.97 Å². The summed E-state index contributed by atoms with van der Waals surface area (Å²) >= 11 is 6.01. The van der Waals surface area contributed by atoms with E-state index >= 15 is 0 Å². The van der Waals surface area contributed by atoms with Crippen LogP contribution < -0.4 is 4.74 Å². The minimum absolute atomic E-state index is 0.213. The lowest BCUT2D eigenvalue weighted by atomic mass is 10.1. The molecule has 0 saturated heterocycles. The van der Waals surface area contributed by atoms with Gasteiger partial charge in [0, 0.05) is 0 Å². The molecule has 2 aromatic rings. The molecular weight excluding hydrogens is 262 g/mol. The van der Waals surface area contributed by atoms with Gasteiger partial charge in [-0.1, -0.05) is 17.7 Å². The van der Waals surface area contributed by atoms with E-state index in [1.807, 2.05) is 26.8 Å². The first-order chi connectivity index (χ1) is 9.01. The van der Waals surface area contributed by atoms with E-state index in [-0.39, 0.29) is 11.0 Å². The molecule has 4 nitrogen and oxygen atoms in total. The average Bonchev–Trinajstić information content (AvgIpc) is 2.38. The van der Waals surface area contributed by atoms with E-state index in [2.05, 4.69) is 16.0 Å². The molecule has 1 aromatic heterocycles. The molecule has 0 saturated carbocycles. The van der Waals surface area contributed by atoms with Crippen LogP contribution in [0.5, 0.6) is 11.6 Å². The highest BCUT2D eigenvalue weighted by molar-refractivity contribution is 6.30. The number of nitriles is 1. The lowest BCUT2D eigenvalue weighted by molar-refractivity contribution is 0.455. The van der Waals surface area contributed by atoms with Gasteiger partial charge in [0.15, 0.2) is 5.15 Å². The first-order valence-corrected chi connectivity index (χ1v) is 6.08. The summed E-state index contributed by atoms with van der Waals surface area (Å²) in [6.45, 7) is 5.56. The van der Waals surface area contributed by atoms with Gasteiger partial charge < -0.3 is 4.74 Å². The van der Waals surface area contributed by atoms with Crippen LogP contribution in [0, 0.1) is 32.1 Å². The van der Waals surface area contributed by atoms with Crippen molar-refractivity contribution < 1.29 is 4.74 Å². The van der Waals surface area contributed by atoms with Gasteiger partial charge in [-0.2, -0.15) is 5.26 Å². The van der Waals surface area contributed by atoms with Crippen molar-refractivity contribution in [3.63, 3.8) is 0 Å². The Hall–Kier alpha value is -2.12. The second-order valence-corrected chi connectivity index (χ2v) is 4.54. The monoisotopic (exact) mass is 273 g/mol. The molecule has 2 rings (SSSR count). The number of hydrogen-bond acceptors (Lipinski definition) is 4. The van der Waals surface area contributed by atoms with Crippen molar-refractivity contribution >= 4 is 11.6 Å². The number of halogens is 1. The van der Waals surface area contributed by atoms with Crippen LogP contribution in [0.25, 0.3) is 0 Å². The molecule has 19 heavy (non-hydrogen) atoms. The van der Waals surface area contributed by atoms with Crippen molar-refractivity contribution in [2.45, 2.75) is 20.8 Å². The molecule has 1 heterocycles. The number of ether oxygens (including phenoxy) is 1. The van der Waals surface area contributed by atoms with Crippen LogP contribution in [0.1, 0.15) is 22.5 Å². The van der Waals surface area contributed by atoms with E-state index < -0.39 is 0 Å². The lowest BCUT2D eigenvalue weighted by Gasteiger charge is -2.10. The van der Waals surface area contributed by atoms with Crippen LogP contribution in [0.3, 0.4) is 0 Å². The van der Waals surface area contributed by atoms with E-state index in [9.17, 15) is 0 Å². The number of aryl methyl sites for hydroxylation is 3. The molecule has 96 valence electrons. The number of hydrogen-bond donors (Lipinski definition) is 0. The minimum atomic E-state index is 0.213. The maximum atomic E-state index is 8.89. The number of benzene rings is 1. The fraction of sp³-hybridized carbons (Fsp3) is 0.214. The van der Waals surface area contributed by atoms with Crippen LogP contribution in [-0.2, 0) is 0 Å². The Balaban J connectivity index is 2.42. The van der Waals surface area contributed by atoms with E-state index in [1.54, 1.807) is 12.1 Å². The molecule has 0 aliphatic carbocycles. The SMILES string of the molecule is Cc1ccc(C#N)cc1Oc1nc(C)c(C)nc1Cl. The number of rotatable bonds is 2. The van der Waals surface area contributed by atoms with Gasteiger partial charge in [-0.15, -0.1) is 0 Å². The molecule has 0 aliphatic rings. The van der Waals surface area contributed by atoms with Crippen molar-refractivity contribution in [1.29, 1.82) is 5.26 Å². The van der Waals surface area contributed by atoms with Crippen molar-refractivity contribution in [3.05, 3.63) is 45.9 Å². The quantitative estimate of drug-likeness (QED) is 0.837. The maximum absolute atomic E-state index is 8.89. The van der Waals surface area contributed by atoms with Gasteiger partial charge in [-0.05, 0) is 38.5 Å². The zero-order valence-electron chi connectivity index (χ0n) is 10.9. The summed E-state index contributed by atoms with van der Waals surface area (Å²) in [5.74, 6) is 0.807. The van der Waals surface area contributed by atoms with E-state index in [1.165, 1.54) is 0 Å². The maximum Gasteiger partial charge on any atom is 0.257 e. The first-order valence-electron chi connectivity index (χ1n) is 5.70. The van der Waals surface area contributed by atoms with Gasteiger partial charge >= 0.3 is 0 Å². The minimum Gasteiger partial charge on any atom is -0.436 e. The van der Waals surface area contributed by atoms with E-state index in [0.29, 0.717) is 11.3 Å². The fourth-order valence-corrected chi connectivity index (χ4v) is 1.71. The molecule has 0 unspecified atom stereocenters. The van der Waals surface area contributed by atoms with E-state index in [0.717, 1.165) is 17.0 Å². The largest absolute Gasteiger partial charge is 0.436 e. The number of aromatic nitrogens is 2. The summed E-state index contributed by atoms with van der Waals surface area (Å²) < 4.78 is 5.66. The molecular formula is C14H12ClN3O. The van der Waals surface area contributed by atoms with Crippen LogP contribution in [0.4, 0.5) is 0 Å². The van der Waals surface area contributed by atoms with Crippen LogP contribution in [0.2, 0.25) is 5.15 Å². The van der Waals surface area contributed by atoms with Gasteiger partial charge in [0.2, 0.25) is 0 Å². The van der Waals surface area contributed by atoms with Gasteiger partial charge in [-0.25, -0.2) is 9.97 Å². The molecule has 0 radical (unpaired) electrons. The van der Waals surface area contributed by atoms with Gasteiger partial charge in [0.05, 0.1) is 23.0 Å². The standard InChI is InChI=1S/C14H12ClN3O/c1-8-4-5-11(7-16)6-12(8)19-14-13(15)17-9(2)10(3)18-14/h4-6H,1-3H3. The topological polar surface area (TPSA) is 58.8 Å². The molecule has 0 N–H and O–H groups in total. The van der Waals surface area contributed by atoms with Gasteiger partial charge in [0.25, 0.3) is 5.88 Å². The zero-order valence-corrected chi connectivity index (χ0v) is 11.6. The molecule has 0 amide bonds. The Kier molecular flexibility index (Phi) is 3.68. The highest BCUT2D eigenvalue weighted by Gasteiger charge is 2.11. The Labute approximate surface area is 116 Å². The molecule has 0 bridgehead atoms. The van der Waals surface area contributed by atoms with Crippen LogP contribution >= 0.6 is 11.6 Å². The van der Waals surface area contributed by atoms with Gasteiger partial charge in [0.1, 0.15) is 5.75 Å². The Morgan fingerprint density at radius 2 is 1.84 bits per heavy atom. The summed E-state index contributed by atoms with van der Waals surface area (Å²) in [6, 6.07) is 7.27. The summed E-state index contributed by atoms with van der Waals surface area (Å²) in [5.41, 5.74) is 2.94. The second-order valence-electron chi connectivity index (χ2n) is 4.18. The van der Waals surface area contributed by atoms with Crippen molar-refractivity contribution in [2.75, 3.05) is 0 Å². The summed E-state index contributed by atoms with van der Waals surface area (Å²) in [7, 11) is 0. The first kappa shape index (κ1) is 13.3. The molecule has 0 spiro atoms. The molecule has 0 atom stereocenters. The summed E-state index contributed by atoms with van der Waals surface area (Å²) in [5, 5.41) is 9.11. The fourth-order valence-electron chi connectivity index (χ4n) is 1.50. The third-order valence-corrected chi connectivity index (χ3v) is 3.01. The average molecular weight is 274 g/mol. The van der Waals surface area contributed by atoms with Crippen molar-refractivity contribution in [2.24, 2.45) is 0 Å². The predicted octanol–water partition coefficient (Wildman–Crippen LogP) is 3.72. The molecule has 1 aromatic carbocycles. The smallest absolute Gasteiger partial charge is 0.257 e. The zero-order chi connectivity index (χ0) is 14.0. The normalized spacial score (nSPS) is 10.1. The Morgan fingerprint density at radius 3 is 2.53 bits per heavy atom. The third kappa shape index (κ3) is 2.83. The highest BCUT2D eigenvalue weighted by atomic mass is 35.5. The second kappa shape index (κ2) is 5.25. The summed E-state index contributed by atoms with van der Waals surface area (Å²) in [4.78, 5) is 8.42. The molecule has 0 aliphatic heterocycles. The van der Waals surface area contributed by atoms with E-state index in [4.69, 9.17) is 21.6 Å². The van der Waals surface area contributed by atoms with Crippen molar-refractivity contribution in [3.8, 4) is 17.7 Å². The number of nitrogens with zero attached hydrogens (tertiary/aromatic N) is 3. The molecule has 5 heteroatoms. The highest BCUT2D eigenvalue weighted by Crippen LogP contribution is 2.29. The third-order valence-electron chi connectivity index (χ3n) is 2.76. The summed E-state index contributed by atoms with van der Waals surface area (Å²) in [6.07, 6.45) is 0. The Bertz CT molecular complexity index is 677.